The molecule has 0 aromatic heterocycles. The summed E-state index contributed by atoms with van der Waals surface area (Å²) in [7, 11) is -3.78. The maximum Gasteiger partial charge on any atom is 0.244 e. The molecule has 0 aliphatic carbocycles. The molecule has 0 aliphatic rings. The molecule has 0 fully saturated rings. The summed E-state index contributed by atoms with van der Waals surface area (Å²) in [4.78, 5) is 27.7. The zero-order chi connectivity index (χ0) is 24.6. The molecule has 0 aliphatic heterocycles. The fourth-order valence-electron chi connectivity index (χ4n) is 3.29. The lowest BCUT2D eigenvalue weighted by atomic mass is 10.1. The Balaban J connectivity index is 2.39. The van der Waals surface area contributed by atoms with Crippen molar-refractivity contribution in [1.29, 1.82) is 0 Å². The van der Waals surface area contributed by atoms with Gasteiger partial charge in [-0.1, -0.05) is 49.2 Å². The van der Waals surface area contributed by atoms with Crippen LogP contribution in [0.25, 0.3) is 0 Å². The van der Waals surface area contributed by atoms with Crippen molar-refractivity contribution in [2.24, 2.45) is 0 Å². The van der Waals surface area contributed by atoms with E-state index in [1.54, 1.807) is 36.4 Å². The third kappa shape index (κ3) is 7.91. The van der Waals surface area contributed by atoms with Gasteiger partial charge in [-0.3, -0.25) is 13.9 Å². The van der Waals surface area contributed by atoms with Gasteiger partial charge in [0.2, 0.25) is 21.8 Å². The third-order valence-corrected chi connectivity index (χ3v) is 6.64. The molecule has 1 N–H and O–H groups in total. The first-order valence-corrected chi connectivity index (χ1v) is 13.2. The maximum absolute atomic E-state index is 13.5. The van der Waals surface area contributed by atoms with E-state index in [9.17, 15) is 18.0 Å². The molecule has 2 rings (SSSR count). The second-order valence-electron chi connectivity index (χ2n) is 7.61. The monoisotopic (exact) mass is 513 g/mol. The molecule has 33 heavy (non-hydrogen) atoms. The van der Waals surface area contributed by atoms with Gasteiger partial charge >= 0.3 is 0 Å². The van der Waals surface area contributed by atoms with Crippen molar-refractivity contribution in [1.82, 2.24) is 10.2 Å². The van der Waals surface area contributed by atoms with Crippen LogP contribution in [-0.4, -0.2) is 50.5 Å². The summed E-state index contributed by atoms with van der Waals surface area (Å²) in [6.45, 7) is 3.91. The highest BCUT2D eigenvalue weighted by molar-refractivity contribution is 7.92. The van der Waals surface area contributed by atoms with Gasteiger partial charge in [0.05, 0.1) is 11.9 Å². The second kappa shape index (κ2) is 12.3. The highest BCUT2D eigenvalue weighted by Crippen LogP contribution is 2.22. The molecule has 0 heterocycles. The normalized spacial score (nSPS) is 12.2. The van der Waals surface area contributed by atoms with E-state index in [0.717, 1.165) is 22.5 Å². The number of carbonyl (C=O) groups is 2. The van der Waals surface area contributed by atoms with E-state index in [0.29, 0.717) is 28.7 Å². The summed E-state index contributed by atoms with van der Waals surface area (Å²) < 4.78 is 26.0. The van der Waals surface area contributed by atoms with Gasteiger partial charge in [0.15, 0.2) is 0 Å². The van der Waals surface area contributed by atoms with Gasteiger partial charge in [-0.25, -0.2) is 8.42 Å². The van der Waals surface area contributed by atoms with E-state index in [4.69, 9.17) is 23.2 Å². The van der Waals surface area contributed by atoms with Gasteiger partial charge in [-0.05, 0) is 54.8 Å². The smallest absolute Gasteiger partial charge is 0.244 e. The van der Waals surface area contributed by atoms with Crippen molar-refractivity contribution in [2.45, 2.75) is 39.3 Å². The van der Waals surface area contributed by atoms with Crippen molar-refractivity contribution in [3.63, 3.8) is 0 Å². The van der Waals surface area contributed by atoms with E-state index < -0.39 is 28.5 Å². The highest BCUT2D eigenvalue weighted by atomic mass is 35.5. The summed E-state index contributed by atoms with van der Waals surface area (Å²) in [5.74, 6) is -0.775. The molecule has 180 valence electrons. The van der Waals surface area contributed by atoms with E-state index >= 15 is 0 Å². The minimum atomic E-state index is -3.78. The lowest BCUT2D eigenvalue weighted by Gasteiger charge is -2.32. The van der Waals surface area contributed by atoms with Crippen LogP contribution in [-0.2, 0) is 26.2 Å². The Morgan fingerprint density at radius 1 is 0.970 bits per heavy atom. The predicted molar refractivity (Wildman–Crippen MR) is 133 cm³/mol. The summed E-state index contributed by atoms with van der Waals surface area (Å²) in [5.41, 5.74) is 1.08. The number of halogens is 2. The van der Waals surface area contributed by atoms with Crippen molar-refractivity contribution < 1.29 is 18.0 Å². The maximum atomic E-state index is 13.5. The quantitative estimate of drug-likeness (QED) is 0.490. The first-order valence-electron chi connectivity index (χ1n) is 10.6. The molecule has 0 spiro atoms. The molecular weight excluding hydrogens is 485 g/mol. The van der Waals surface area contributed by atoms with Crippen LogP contribution < -0.4 is 9.62 Å². The molecule has 10 heteroatoms. The van der Waals surface area contributed by atoms with Gasteiger partial charge < -0.3 is 10.2 Å². The van der Waals surface area contributed by atoms with Crippen molar-refractivity contribution in [2.75, 3.05) is 23.7 Å². The Bertz CT molecular complexity index is 1040. The Labute approximate surface area is 205 Å². The van der Waals surface area contributed by atoms with Crippen molar-refractivity contribution in [3.05, 3.63) is 64.1 Å². The van der Waals surface area contributed by atoms with E-state index in [-0.39, 0.29) is 12.5 Å². The molecule has 0 radical (unpaired) electrons. The zero-order valence-corrected chi connectivity index (χ0v) is 21.3. The van der Waals surface area contributed by atoms with Gasteiger partial charge in [0.1, 0.15) is 12.6 Å². The number of carbonyl (C=O) groups excluding carboxylic acids is 2. The first kappa shape index (κ1) is 27.0. The number of sulfonamides is 1. The third-order valence-electron chi connectivity index (χ3n) is 5.00. The largest absolute Gasteiger partial charge is 0.354 e. The molecular formula is C23H29Cl2N3O4S. The fourth-order valence-corrected chi connectivity index (χ4v) is 4.39. The SMILES string of the molecule is CCCNC(=O)[C@@H](CC)N(Cc1ccc(Cl)cc1)C(=O)CN(c1ccc(Cl)cc1)S(C)(=O)=O. The number of benzene rings is 2. The molecule has 2 aromatic rings. The van der Waals surface area contributed by atoms with Crippen LogP contribution in [0.5, 0.6) is 0 Å². The molecule has 7 nitrogen and oxygen atoms in total. The lowest BCUT2D eigenvalue weighted by molar-refractivity contribution is -0.140. The minimum absolute atomic E-state index is 0.131. The number of hydrogen-bond acceptors (Lipinski definition) is 4. The minimum Gasteiger partial charge on any atom is -0.354 e. The van der Waals surface area contributed by atoms with Crippen molar-refractivity contribution in [3.8, 4) is 0 Å². The lowest BCUT2D eigenvalue weighted by Crippen LogP contribution is -2.52. The number of hydrogen-bond donors (Lipinski definition) is 1. The summed E-state index contributed by atoms with van der Waals surface area (Å²) >= 11 is 11.9. The number of nitrogens with zero attached hydrogens (tertiary/aromatic N) is 2. The van der Waals surface area contributed by atoms with Gasteiger partial charge in [-0.15, -0.1) is 0 Å². The predicted octanol–water partition coefficient (Wildman–Crippen LogP) is 4.09. The van der Waals surface area contributed by atoms with Crippen molar-refractivity contribution >= 4 is 50.7 Å². The fraction of sp³-hybridized carbons (Fsp3) is 0.391. The molecule has 0 saturated heterocycles. The molecule has 2 aromatic carbocycles. The first-order chi connectivity index (χ1) is 15.6. The van der Waals surface area contributed by atoms with Gasteiger partial charge in [0, 0.05) is 23.1 Å². The van der Waals surface area contributed by atoms with E-state index in [1.165, 1.54) is 17.0 Å². The Morgan fingerprint density at radius 3 is 2.00 bits per heavy atom. The average Bonchev–Trinajstić information content (AvgIpc) is 2.77. The number of anilines is 1. The second-order valence-corrected chi connectivity index (χ2v) is 10.4. The summed E-state index contributed by atoms with van der Waals surface area (Å²) in [5, 5.41) is 3.83. The van der Waals surface area contributed by atoms with Gasteiger partial charge in [-0.2, -0.15) is 0 Å². The number of amides is 2. The van der Waals surface area contributed by atoms with Crippen LogP contribution in [0.15, 0.2) is 48.5 Å². The number of nitrogens with one attached hydrogen (secondary N) is 1. The van der Waals surface area contributed by atoms with E-state index in [2.05, 4.69) is 5.32 Å². The van der Waals surface area contributed by atoms with Crippen LogP contribution in [0, 0.1) is 0 Å². The topological polar surface area (TPSA) is 86.8 Å². The zero-order valence-electron chi connectivity index (χ0n) is 18.9. The highest BCUT2D eigenvalue weighted by Gasteiger charge is 2.31. The Kier molecular flexibility index (Phi) is 10.0. The van der Waals surface area contributed by atoms with Crippen LogP contribution in [0.1, 0.15) is 32.3 Å². The van der Waals surface area contributed by atoms with E-state index in [1.807, 2.05) is 13.8 Å². The van der Waals surface area contributed by atoms with Gasteiger partial charge in [0.25, 0.3) is 0 Å². The molecule has 2 amide bonds. The molecule has 1 atom stereocenters. The molecule has 0 unspecified atom stereocenters. The standard InChI is InChI=1S/C23H29Cl2N3O4S/c1-4-14-26-23(30)21(5-2)27(15-17-6-8-18(24)9-7-17)22(29)16-28(33(3,31)32)20-12-10-19(25)11-13-20/h6-13,21H,4-5,14-16H2,1-3H3,(H,26,30)/t21-/m1/s1. The summed E-state index contributed by atoms with van der Waals surface area (Å²) in [6, 6.07) is 12.4. The van der Waals surface area contributed by atoms with Crippen LogP contribution >= 0.6 is 23.2 Å². The Morgan fingerprint density at radius 2 is 1.52 bits per heavy atom. The van der Waals surface area contributed by atoms with Crippen LogP contribution in [0.2, 0.25) is 10.0 Å². The number of rotatable bonds is 11. The molecule has 0 saturated carbocycles. The van der Waals surface area contributed by atoms with Crippen LogP contribution in [0.3, 0.4) is 0 Å². The summed E-state index contributed by atoms with van der Waals surface area (Å²) in [6.07, 6.45) is 2.16. The molecule has 0 bridgehead atoms. The van der Waals surface area contributed by atoms with Crippen LogP contribution in [0.4, 0.5) is 5.69 Å². The average molecular weight is 514 g/mol. The Hall–Kier alpha value is -2.29.